The van der Waals surface area contributed by atoms with Crippen LogP contribution in [0.1, 0.15) is 19.8 Å². The molecule has 0 amide bonds. The maximum absolute atomic E-state index is 13.2. The number of unbranched alkanes of at least 4 members (excludes halogenated alkanes) is 1. The first-order valence-corrected chi connectivity index (χ1v) is 4.68. The minimum atomic E-state index is -3.70. The van der Waals surface area contributed by atoms with Crippen molar-refractivity contribution in [2.45, 2.75) is 31.8 Å². The van der Waals surface area contributed by atoms with Gasteiger partial charge >= 0.3 is 5.97 Å². The van der Waals surface area contributed by atoms with Gasteiger partial charge in [-0.2, -0.15) is 0 Å². The number of aliphatic carboxylic acids is 1. The minimum absolute atomic E-state index is 0.0701. The van der Waals surface area contributed by atoms with Crippen molar-refractivity contribution in [3.8, 4) is 0 Å². The first-order valence-electron chi connectivity index (χ1n) is 4.68. The summed E-state index contributed by atoms with van der Waals surface area (Å²) in [6.45, 7) is 0.517. The SMILES string of the molecule is CCCCO[C@@H](C(=O)O)C(F)(F)CN=[N+]=[N-]. The fourth-order valence-corrected chi connectivity index (χ4v) is 0.928. The quantitative estimate of drug-likeness (QED) is 0.303. The molecule has 0 saturated carbocycles. The Labute approximate surface area is 90.8 Å². The molecule has 0 unspecified atom stereocenters. The average molecular weight is 237 g/mol. The van der Waals surface area contributed by atoms with Crippen molar-refractivity contribution >= 4 is 5.97 Å². The Morgan fingerprint density at radius 2 is 2.31 bits per heavy atom. The van der Waals surface area contributed by atoms with Crippen LogP contribution in [0.2, 0.25) is 0 Å². The molecule has 0 aromatic rings. The van der Waals surface area contributed by atoms with E-state index in [0.29, 0.717) is 12.8 Å². The van der Waals surface area contributed by atoms with Gasteiger partial charge in [-0.25, -0.2) is 13.6 Å². The molecule has 92 valence electrons. The number of azide groups is 1. The van der Waals surface area contributed by atoms with Crippen LogP contribution in [-0.2, 0) is 9.53 Å². The second-order valence-electron chi connectivity index (χ2n) is 3.09. The number of hydrogen-bond donors (Lipinski definition) is 1. The highest BCUT2D eigenvalue weighted by Crippen LogP contribution is 2.22. The Hall–Kier alpha value is -1.40. The largest absolute Gasteiger partial charge is 0.479 e. The monoisotopic (exact) mass is 237 g/mol. The molecule has 0 fully saturated rings. The highest BCUT2D eigenvalue weighted by molar-refractivity contribution is 5.73. The molecule has 0 heterocycles. The van der Waals surface area contributed by atoms with Gasteiger partial charge in [-0.15, -0.1) is 0 Å². The Morgan fingerprint density at radius 1 is 1.69 bits per heavy atom. The lowest BCUT2D eigenvalue weighted by Gasteiger charge is -2.22. The third-order valence-electron chi connectivity index (χ3n) is 1.74. The van der Waals surface area contributed by atoms with E-state index in [1.807, 2.05) is 6.92 Å². The van der Waals surface area contributed by atoms with Gasteiger partial charge in [0, 0.05) is 11.5 Å². The lowest BCUT2D eigenvalue weighted by molar-refractivity contribution is -0.178. The van der Waals surface area contributed by atoms with E-state index >= 15 is 0 Å². The summed E-state index contributed by atoms with van der Waals surface area (Å²) >= 11 is 0. The lowest BCUT2D eigenvalue weighted by atomic mass is 10.2. The van der Waals surface area contributed by atoms with Crippen molar-refractivity contribution in [1.82, 2.24) is 0 Å². The van der Waals surface area contributed by atoms with Gasteiger partial charge in [0.15, 0.2) is 0 Å². The second kappa shape index (κ2) is 6.97. The summed E-state index contributed by atoms with van der Waals surface area (Å²) in [6.07, 6.45) is -1.08. The van der Waals surface area contributed by atoms with Crippen LogP contribution in [0.15, 0.2) is 5.11 Å². The smallest absolute Gasteiger partial charge is 0.339 e. The molecule has 0 aliphatic carbocycles. The van der Waals surface area contributed by atoms with Gasteiger partial charge in [0.25, 0.3) is 5.92 Å². The summed E-state index contributed by atoms with van der Waals surface area (Å²) in [5, 5.41) is 11.2. The molecular formula is C8H13F2N3O3. The van der Waals surface area contributed by atoms with Gasteiger partial charge in [-0.1, -0.05) is 18.5 Å². The maximum atomic E-state index is 13.2. The van der Waals surface area contributed by atoms with E-state index in [4.69, 9.17) is 10.6 Å². The summed E-state index contributed by atoms with van der Waals surface area (Å²) in [7, 11) is 0. The van der Waals surface area contributed by atoms with Crippen LogP contribution in [0.5, 0.6) is 0 Å². The Bertz CT molecular complexity index is 280. The molecular weight excluding hydrogens is 224 g/mol. The van der Waals surface area contributed by atoms with Crippen molar-refractivity contribution in [1.29, 1.82) is 0 Å². The highest BCUT2D eigenvalue weighted by atomic mass is 19.3. The van der Waals surface area contributed by atoms with Crippen molar-refractivity contribution in [2.24, 2.45) is 5.11 Å². The Balaban J connectivity index is 4.49. The number of rotatable bonds is 8. The summed E-state index contributed by atoms with van der Waals surface area (Å²) < 4.78 is 30.9. The Morgan fingerprint density at radius 3 is 2.75 bits per heavy atom. The van der Waals surface area contributed by atoms with Crippen LogP contribution in [0.4, 0.5) is 8.78 Å². The standard InChI is InChI=1S/C8H13F2N3O3/c1-2-3-4-16-6(7(14)15)8(9,10)5-12-13-11/h6H,2-5H2,1H3,(H,14,15)/t6-/m0/s1. The van der Waals surface area contributed by atoms with E-state index < -0.39 is 24.5 Å². The zero-order valence-corrected chi connectivity index (χ0v) is 8.77. The third kappa shape index (κ3) is 4.90. The molecule has 1 N–H and O–H groups in total. The number of halogens is 2. The van der Waals surface area contributed by atoms with Crippen LogP contribution in [0, 0.1) is 0 Å². The average Bonchev–Trinajstić information content (AvgIpc) is 2.20. The summed E-state index contributed by atoms with van der Waals surface area (Å²) in [4.78, 5) is 12.7. The van der Waals surface area contributed by atoms with Gasteiger partial charge in [-0.05, 0) is 12.0 Å². The van der Waals surface area contributed by atoms with Crippen molar-refractivity contribution in [3.63, 3.8) is 0 Å². The van der Waals surface area contributed by atoms with Crippen molar-refractivity contribution in [3.05, 3.63) is 10.4 Å². The van der Waals surface area contributed by atoms with Crippen molar-refractivity contribution in [2.75, 3.05) is 13.2 Å². The second-order valence-corrected chi connectivity index (χ2v) is 3.09. The molecule has 0 aromatic heterocycles. The number of carboxylic acids is 1. The molecule has 0 aliphatic heterocycles. The number of ether oxygens (including phenoxy) is 1. The van der Waals surface area contributed by atoms with E-state index in [1.54, 1.807) is 0 Å². The van der Waals surface area contributed by atoms with Crippen LogP contribution in [0.3, 0.4) is 0 Å². The van der Waals surface area contributed by atoms with E-state index in [2.05, 4.69) is 14.8 Å². The van der Waals surface area contributed by atoms with E-state index in [1.165, 1.54) is 0 Å². The van der Waals surface area contributed by atoms with Crippen LogP contribution in [-0.4, -0.2) is 36.3 Å². The van der Waals surface area contributed by atoms with E-state index in [0.717, 1.165) is 0 Å². The van der Waals surface area contributed by atoms with E-state index in [9.17, 15) is 13.6 Å². The fourth-order valence-electron chi connectivity index (χ4n) is 0.928. The number of hydrogen-bond acceptors (Lipinski definition) is 3. The molecule has 16 heavy (non-hydrogen) atoms. The van der Waals surface area contributed by atoms with E-state index in [-0.39, 0.29) is 6.61 Å². The fraction of sp³-hybridized carbons (Fsp3) is 0.875. The molecule has 0 aliphatic rings. The Kier molecular flexibility index (Phi) is 6.36. The predicted octanol–water partition coefficient (Wildman–Crippen LogP) is 2.20. The summed E-state index contributed by atoms with van der Waals surface area (Å²) in [5.41, 5.74) is 7.90. The summed E-state index contributed by atoms with van der Waals surface area (Å²) in [5.74, 6) is -5.47. The topological polar surface area (TPSA) is 95.3 Å². The van der Waals surface area contributed by atoms with Crippen LogP contribution < -0.4 is 0 Å². The molecule has 0 bridgehead atoms. The minimum Gasteiger partial charge on any atom is -0.479 e. The van der Waals surface area contributed by atoms with Gasteiger partial charge < -0.3 is 9.84 Å². The molecule has 0 aromatic carbocycles. The zero-order chi connectivity index (χ0) is 12.6. The third-order valence-corrected chi connectivity index (χ3v) is 1.74. The van der Waals surface area contributed by atoms with Gasteiger partial charge in [0.1, 0.15) is 0 Å². The number of alkyl halides is 2. The summed E-state index contributed by atoms with van der Waals surface area (Å²) in [6, 6.07) is 0. The van der Waals surface area contributed by atoms with Gasteiger partial charge in [-0.3, -0.25) is 0 Å². The zero-order valence-electron chi connectivity index (χ0n) is 8.77. The molecule has 0 radical (unpaired) electrons. The van der Waals surface area contributed by atoms with Gasteiger partial charge in [0.05, 0.1) is 6.54 Å². The first-order chi connectivity index (χ1) is 7.45. The molecule has 8 heteroatoms. The maximum Gasteiger partial charge on any atom is 0.339 e. The highest BCUT2D eigenvalue weighted by Gasteiger charge is 2.45. The normalized spacial score (nSPS) is 12.9. The van der Waals surface area contributed by atoms with Crippen LogP contribution >= 0.6 is 0 Å². The molecule has 0 saturated heterocycles. The molecule has 0 rings (SSSR count). The van der Waals surface area contributed by atoms with Crippen LogP contribution in [0.25, 0.3) is 10.4 Å². The number of carbonyl (C=O) groups is 1. The first kappa shape index (κ1) is 14.6. The molecule has 1 atom stereocenters. The number of nitrogens with zero attached hydrogens (tertiary/aromatic N) is 3. The molecule has 6 nitrogen and oxygen atoms in total. The number of carboxylic acid groups (broad SMARTS) is 1. The van der Waals surface area contributed by atoms with Crippen molar-refractivity contribution < 1.29 is 23.4 Å². The molecule has 0 spiro atoms. The van der Waals surface area contributed by atoms with Gasteiger partial charge in [0.2, 0.25) is 6.10 Å². The lowest BCUT2D eigenvalue weighted by Crippen LogP contribution is -2.44. The predicted molar refractivity (Wildman–Crippen MR) is 51.2 cm³/mol.